The molecule has 0 aliphatic carbocycles. The molecule has 1 heterocycles. The molecule has 0 bridgehead atoms. The van der Waals surface area contributed by atoms with Crippen molar-refractivity contribution in [2.24, 2.45) is 11.7 Å². The third kappa shape index (κ3) is 5.86. The van der Waals surface area contributed by atoms with Crippen molar-refractivity contribution in [3.63, 3.8) is 0 Å². The van der Waals surface area contributed by atoms with Crippen molar-refractivity contribution in [3.8, 4) is 11.6 Å². The third-order valence-corrected chi connectivity index (χ3v) is 3.71. The largest absolute Gasteiger partial charge is 0.439 e. The van der Waals surface area contributed by atoms with Gasteiger partial charge in [0, 0.05) is 6.07 Å². The van der Waals surface area contributed by atoms with Crippen LogP contribution >= 0.6 is 0 Å². The lowest BCUT2D eigenvalue weighted by atomic mass is 10.1. The zero-order valence-electron chi connectivity index (χ0n) is 15.2. The number of nitrogens with two attached hydrogens (primary N) is 1. The standard InChI is InChI=1S/C19H24N4O3/c1-12(2)18(20)19(25)22-11-16(24)23-14-6-9-17(21-10-14)26-15-7-4-13(3)5-8-15/h4-10,12,18H,11,20H2,1-3H3,(H,22,25)(H,23,24)/t18-/m0/s1. The van der Waals surface area contributed by atoms with Crippen LogP contribution < -0.4 is 21.1 Å². The van der Waals surface area contributed by atoms with Gasteiger partial charge in [-0.25, -0.2) is 4.98 Å². The Kier molecular flexibility index (Phi) is 6.68. The summed E-state index contributed by atoms with van der Waals surface area (Å²) in [6.45, 7) is 5.53. The van der Waals surface area contributed by atoms with E-state index >= 15 is 0 Å². The van der Waals surface area contributed by atoms with Crippen molar-refractivity contribution >= 4 is 17.5 Å². The Labute approximate surface area is 153 Å². The Hall–Kier alpha value is -2.93. The summed E-state index contributed by atoms with van der Waals surface area (Å²) in [7, 11) is 0. The Morgan fingerprint density at radius 1 is 1.15 bits per heavy atom. The lowest BCUT2D eigenvalue weighted by Crippen LogP contribution is -2.46. The summed E-state index contributed by atoms with van der Waals surface area (Å²) < 4.78 is 5.63. The van der Waals surface area contributed by atoms with E-state index in [0.29, 0.717) is 17.3 Å². The SMILES string of the molecule is Cc1ccc(Oc2ccc(NC(=O)CNC(=O)[C@@H](N)C(C)C)cn2)cc1. The molecule has 2 amide bonds. The third-order valence-electron chi connectivity index (χ3n) is 3.71. The molecule has 0 saturated carbocycles. The molecule has 26 heavy (non-hydrogen) atoms. The Morgan fingerprint density at radius 3 is 2.42 bits per heavy atom. The van der Waals surface area contributed by atoms with Crippen molar-refractivity contribution in [3.05, 3.63) is 48.2 Å². The van der Waals surface area contributed by atoms with Crippen LogP contribution in [0.2, 0.25) is 0 Å². The lowest BCUT2D eigenvalue weighted by Gasteiger charge is -2.15. The molecule has 0 radical (unpaired) electrons. The number of pyridine rings is 1. The van der Waals surface area contributed by atoms with E-state index in [1.165, 1.54) is 6.20 Å². The summed E-state index contributed by atoms with van der Waals surface area (Å²) >= 11 is 0. The number of amides is 2. The Balaban J connectivity index is 1.83. The van der Waals surface area contributed by atoms with Gasteiger partial charge < -0.3 is 21.1 Å². The molecule has 7 nitrogen and oxygen atoms in total. The molecule has 0 fully saturated rings. The van der Waals surface area contributed by atoms with Gasteiger partial charge in [-0.3, -0.25) is 9.59 Å². The zero-order valence-corrected chi connectivity index (χ0v) is 15.2. The van der Waals surface area contributed by atoms with Crippen LogP contribution in [0.4, 0.5) is 5.69 Å². The van der Waals surface area contributed by atoms with Gasteiger partial charge in [0.05, 0.1) is 24.5 Å². The maximum absolute atomic E-state index is 11.9. The highest BCUT2D eigenvalue weighted by Crippen LogP contribution is 2.20. The molecule has 0 aliphatic rings. The van der Waals surface area contributed by atoms with Crippen molar-refractivity contribution in [2.75, 3.05) is 11.9 Å². The van der Waals surface area contributed by atoms with E-state index < -0.39 is 6.04 Å². The van der Waals surface area contributed by atoms with E-state index in [-0.39, 0.29) is 24.3 Å². The quantitative estimate of drug-likeness (QED) is 0.705. The molecule has 1 aromatic carbocycles. The number of aromatic nitrogens is 1. The highest BCUT2D eigenvalue weighted by Gasteiger charge is 2.17. The van der Waals surface area contributed by atoms with Gasteiger partial charge in [0.1, 0.15) is 5.75 Å². The van der Waals surface area contributed by atoms with Crippen LogP contribution in [0.15, 0.2) is 42.6 Å². The van der Waals surface area contributed by atoms with Gasteiger partial charge in [0.15, 0.2) is 0 Å². The number of rotatable bonds is 7. The molecular formula is C19H24N4O3. The van der Waals surface area contributed by atoms with E-state index in [1.807, 2.05) is 45.0 Å². The van der Waals surface area contributed by atoms with E-state index in [0.717, 1.165) is 5.56 Å². The molecule has 0 spiro atoms. The number of carbonyl (C=O) groups excluding carboxylic acids is 2. The lowest BCUT2D eigenvalue weighted by molar-refractivity contribution is -0.125. The second kappa shape index (κ2) is 8.96. The average Bonchev–Trinajstić information content (AvgIpc) is 2.62. The van der Waals surface area contributed by atoms with Crippen LogP contribution in [0.5, 0.6) is 11.6 Å². The fraction of sp³-hybridized carbons (Fsp3) is 0.316. The van der Waals surface area contributed by atoms with Crippen molar-refractivity contribution in [1.29, 1.82) is 0 Å². The van der Waals surface area contributed by atoms with Crippen LogP contribution in [0.3, 0.4) is 0 Å². The molecule has 0 unspecified atom stereocenters. The number of nitrogens with one attached hydrogen (secondary N) is 2. The number of ether oxygens (including phenoxy) is 1. The molecule has 1 atom stereocenters. The van der Waals surface area contributed by atoms with Gasteiger partial charge in [-0.05, 0) is 31.0 Å². The van der Waals surface area contributed by atoms with Crippen LogP contribution in [0, 0.1) is 12.8 Å². The van der Waals surface area contributed by atoms with Crippen molar-refractivity contribution in [1.82, 2.24) is 10.3 Å². The van der Waals surface area contributed by atoms with E-state index in [9.17, 15) is 9.59 Å². The highest BCUT2D eigenvalue weighted by molar-refractivity contribution is 5.95. The maximum Gasteiger partial charge on any atom is 0.243 e. The molecule has 1 aromatic heterocycles. The maximum atomic E-state index is 11.9. The monoisotopic (exact) mass is 356 g/mol. The van der Waals surface area contributed by atoms with E-state index in [1.54, 1.807) is 12.1 Å². The minimum absolute atomic E-state index is 0.00309. The molecule has 138 valence electrons. The number of carbonyl (C=O) groups is 2. The molecule has 0 aliphatic heterocycles. The van der Waals surface area contributed by atoms with Gasteiger partial charge in [0.2, 0.25) is 17.7 Å². The normalized spacial score (nSPS) is 11.7. The number of hydrogen-bond acceptors (Lipinski definition) is 5. The van der Waals surface area contributed by atoms with Crippen molar-refractivity contribution in [2.45, 2.75) is 26.8 Å². The number of anilines is 1. The molecule has 2 rings (SSSR count). The highest BCUT2D eigenvalue weighted by atomic mass is 16.5. The fourth-order valence-electron chi connectivity index (χ4n) is 2.03. The first kappa shape index (κ1) is 19.4. The summed E-state index contributed by atoms with van der Waals surface area (Å²) in [5.74, 6) is 0.397. The molecule has 0 saturated heterocycles. The Morgan fingerprint density at radius 2 is 1.85 bits per heavy atom. The van der Waals surface area contributed by atoms with Crippen molar-refractivity contribution < 1.29 is 14.3 Å². The second-order valence-electron chi connectivity index (χ2n) is 6.34. The Bertz CT molecular complexity index is 742. The van der Waals surface area contributed by atoms with Crippen LogP contribution in [-0.4, -0.2) is 29.4 Å². The average molecular weight is 356 g/mol. The van der Waals surface area contributed by atoms with E-state index in [2.05, 4.69) is 15.6 Å². The van der Waals surface area contributed by atoms with Crippen LogP contribution in [0.1, 0.15) is 19.4 Å². The summed E-state index contributed by atoms with van der Waals surface area (Å²) in [6, 6.07) is 10.3. The summed E-state index contributed by atoms with van der Waals surface area (Å²) in [6.07, 6.45) is 1.49. The van der Waals surface area contributed by atoms with Gasteiger partial charge in [-0.2, -0.15) is 0 Å². The number of benzene rings is 1. The zero-order chi connectivity index (χ0) is 19.1. The van der Waals surface area contributed by atoms with Gasteiger partial charge in [-0.15, -0.1) is 0 Å². The van der Waals surface area contributed by atoms with Crippen LogP contribution in [-0.2, 0) is 9.59 Å². The summed E-state index contributed by atoms with van der Waals surface area (Å²) in [5, 5.41) is 5.16. The fourth-order valence-corrected chi connectivity index (χ4v) is 2.03. The van der Waals surface area contributed by atoms with Gasteiger partial charge >= 0.3 is 0 Å². The first-order valence-corrected chi connectivity index (χ1v) is 8.39. The van der Waals surface area contributed by atoms with Gasteiger partial charge in [-0.1, -0.05) is 31.5 Å². The minimum atomic E-state index is -0.636. The predicted octanol–water partition coefficient (Wildman–Crippen LogP) is 2.22. The molecule has 7 heteroatoms. The topological polar surface area (TPSA) is 106 Å². The second-order valence-corrected chi connectivity index (χ2v) is 6.34. The first-order chi connectivity index (χ1) is 12.3. The minimum Gasteiger partial charge on any atom is -0.439 e. The summed E-state index contributed by atoms with van der Waals surface area (Å²) in [4.78, 5) is 27.8. The molecule has 4 N–H and O–H groups in total. The number of aryl methyl sites for hydroxylation is 1. The summed E-state index contributed by atoms with van der Waals surface area (Å²) in [5.41, 5.74) is 7.37. The first-order valence-electron chi connectivity index (χ1n) is 8.39. The van der Waals surface area contributed by atoms with Gasteiger partial charge in [0.25, 0.3) is 0 Å². The smallest absolute Gasteiger partial charge is 0.243 e. The number of nitrogens with zero attached hydrogens (tertiary/aromatic N) is 1. The molecular weight excluding hydrogens is 332 g/mol. The predicted molar refractivity (Wildman–Crippen MR) is 99.9 cm³/mol. The van der Waals surface area contributed by atoms with Crippen LogP contribution in [0.25, 0.3) is 0 Å². The number of hydrogen-bond donors (Lipinski definition) is 3. The van der Waals surface area contributed by atoms with E-state index in [4.69, 9.17) is 10.5 Å². The molecule has 2 aromatic rings.